The van der Waals surface area contributed by atoms with Crippen LogP contribution in [-0.2, 0) is 0 Å². The van der Waals surface area contributed by atoms with E-state index in [1.54, 1.807) is 0 Å². The number of rotatable bonds is 5. The van der Waals surface area contributed by atoms with Gasteiger partial charge in [-0.25, -0.2) is 0 Å². The van der Waals surface area contributed by atoms with Crippen LogP contribution in [0, 0.1) is 5.92 Å². The number of nitrogens with zero attached hydrogens (tertiary/aromatic N) is 1. The van der Waals surface area contributed by atoms with Crippen LogP contribution in [0.4, 0.5) is 0 Å². The Labute approximate surface area is 100 Å². The molecule has 1 aliphatic rings. The minimum absolute atomic E-state index is 0.353. The molecule has 3 heteroatoms. The van der Waals surface area contributed by atoms with Gasteiger partial charge < -0.3 is 15.3 Å². The molecule has 3 nitrogen and oxygen atoms in total. The lowest BCUT2D eigenvalue weighted by atomic mass is 9.88. The molecule has 1 saturated heterocycles. The molecule has 0 radical (unpaired) electrons. The van der Waals surface area contributed by atoms with Crippen molar-refractivity contribution < 1.29 is 5.11 Å². The van der Waals surface area contributed by atoms with Gasteiger partial charge in [0.15, 0.2) is 0 Å². The van der Waals surface area contributed by atoms with Crippen LogP contribution in [0.1, 0.15) is 40.0 Å². The molecule has 2 unspecified atom stereocenters. The Morgan fingerprint density at radius 1 is 1.44 bits per heavy atom. The molecule has 16 heavy (non-hydrogen) atoms. The van der Waals surface area contributed by atoms with Gasteiger partial charge >= 0.3 is 0 Å². The van der Waals surface area contributed by atoms with Crippen LogP contribution >= 0.6 is 0 Å². The van der Waals surface area contributed by atoms with Crippen molar-refractivity contribution in [3.8, 4) is 0 Å². The number of likely N-dealkylation sites (tertiary alicyclic amines) is 1. The molecule has 0 aromatic carbocycles. The Morgan fingerprint density at radius 3 is 2.50 bits per heavy atom. The predicted molar refractivity (Wildman–Crippen MR) is 68.6 cm³/mol. The summed E-state index contributed by atoms with van der Waals surface area (Å²) in [5.41, 5.74) is -0.571. The first-order chi connectivity index (χ1) is 7.45. The maximum atomic E-state index is 10.3. The van der Waals surface area contributed by atoms with Crippen LogP contribution in [-0.4, -0.2) is 48.3 Å². The van der Waals surface area contributed by atoms with Gasteiger partial charge in [0.25, 0.3) is 0 Å². The normalized spacial score (nSPS) is 25.3. The second-order valence-electron chi connectivity index (χ2n) is 5.62. The monoisotopic (exact) mass is 228 g/mol. The summed E-state index contributed by atoms with van der Waals surface area (Å²) in [4.78, 5) is 2.37. The zero-order valence-electron chi connectivity index (χ0n) is 11.3. The maximum absolute atomic E-state index is 10.3. The SMILES string of the molecule is CCC(C)C(C)(O)CNC1CCN(C)CC1. The van der Waals surface area contributed by atoms with E-state index in [-0.39, 0.29) is 0 Å². The van der Waals surface area contributed by atoms with E-state index in [0.717, 1.165) is 13.0 Å². The van der Waals surface area contributed by atoms with Crippen LogP contribution in [0.2, 0.25) is 0 Å². The van der Waals surface area contributed by atoms with Crippen molar-refractivity contribution in [1.82, 2.24) is 10.2 Å². The van der Waals surface area contributed by atoms with Crippen molar-refractivity contribution in [2.24, 2.45) is 5.92 Å². The lowest BCUT2D eigenvalue weighted by Gasteiger charge is -2.35. The van der Waals surface area contributed by atoms with E-state index >= 15 is 0 Å². The minimum Gasteiger partial charge on any atom is -0.389 e. The van der Waals surface area contributed by atoms with Crippen LogP contribution in [0.25, 0.3) is 0 Å². The molecule has 2 N–H and O–H groups in total. The fourth-order valence-electron chi connectivity index (χ4n) is 2.18. The molecular formula is C13H28N2O. The minimum atomic E-state index is -0.571. The van der Waals surface area contributed by atoms with E-state index in [0.29, 0.717) is 12.0 Å². The van der Waals surface area contributed by atoms with Crippen molar-refractivity contribution in [3.05, 3.63) is 0 Å². The van der Waals surface area contributed by atoms with Gasteiger partial charge in [-0.05, 0) is 45.8 Å². The lowest BCUT2D eigenvalue weighted by molar-refractivity contribution is 0.00163. The third-order valence-electron chi connectivity index (χ3n) is 4.14. The number of piperidine rings is 1. The summed E-state index contributed by atoms with van der Waals surface area (Å²) in [7, 11) is 2.17. The van der Waals surface area contributed by atoms with Gasteiger partial charge in [0.2, 0.25) is 0 Å². The van der Waals surface area contributed by atoms with Gasteiger partial charge in [0.05, 0.1) is 5.60 Å². The first-order valence-electron chi connectivity index (χ1n) is 6.60. The topological polar surface area (TPSA) is 35.5 Å². The quantitative estimate of drug-likeness (QED) is 0.748. The van der Waals surface area contributed by atoms with Crippen molar-refractivity contribution in [2.75, 3.05) is 26.7 Å². The molecule has 1 heterocycles. The van der Waals surface area contributed by atoms with E-state index in [4.69, 9.17) is 0 Å². The highest BCUT2D eigenvalue weighted by Gasteiger charge is 2.28. The van der Waals surface area contributed by atoms with E-state index in [1.807, 2.05) is 6.92 Å². The number of nitrogens with one attached hydrogen (secondary N) is 1. The molecule has 0 spiro atoms. The predicted octanol–water partition coefficient (Wildman–Crippen LogP) is 1.47. The highest BCUT2D eigenvalue weighted by Crippen LogP contribution is 2.19. The van der Waals surface area contributed by atoms with Crippen LogP contribution in [0.3, 0.4) is 0 Å². The standard InChI is InChI=1S/C13H28N2O/c1-5-11(2)13(3,16)10-14-12-6-8-15(4)9-7-12/h11-12,14,16H,5-10H2,1-4H3. The van der Waals surface area contributed by atoms with Crippen molar-refractivity contribution >= 4 is 0 Å². The van der Waals surface area contributed by atoms with Gasteiger partial charge in [-0.3, -0.25) is 0 Å². The van der Waals surface area contributed by atoms with Crippen LogP contribution in [0.15, 0.2) is 0 Å². The molecule has 0 aromatic rings. The Balaban J connectivity index is 2.28. The Morgan fingerprint density at radius 2 is 2.00 bits per heavy atom. The highest BCUT2D eigenvalue weighted by atomic mass is 16.3. The summed E-state index contributed by atoms with van der Waals surface area (Å²) >= 11 is 0. The molecule has 0 aromatic heterocycles. The van der Waals surface area contributed by atoms with E-state index in [9.17, 15) is 5.11 Å². The lowest BCUT2D eigenvalue weighted by Crippen LogP contribution is -2.49. The van der Waals surface area contributed by atoms with Gasteiger partial charge in [0.1, 0.15) is 0 Å². The number of aliphatic hydroxyl groups is 1. The highest BCUT2D eigenvalue weighted by molar-refractivity contribution is 4.84. The zero-order valence-corrected chi connectivity index (χ0v) is 11.3. The smallest absolute Gasteiger partial charge is 0.0768 e. The molecule has 0 bridgehead atoms. The Kier molecular flexibility index (Phi) is 5.22. The molecular weight excluding hydrogens is 200 g/mol. The zero-order chi connectivity index (χ0) is 12.2. The first kappa shape index (κ1) is 13.9. The molecule has 0 amide bonds. The molecule has 0 aliphatic carbocycles. The summed E-state index contributed by atoms with van der Waals surface area (Å²) in [5, 5.41) is 13.8. The molecule has 96 valence electrons. The van der Waals surface area contributed by atoms with E-state index in [2.05, 4.69) is 31.1 Å². The summed E-state index contributed by atoms with van der Waals surface area (Å²) in [6.45, 7) is 9.26. The van der Waals surface area contributed by atoms with Crippen molar-refractivity contribution in [3.63, 3.8) is 0 Å². The number of hydrogen-bond acceptors (Lipinski definition) is 3. The van der Waals surface area contributed by atoms with E-state index < -0.39 is 5.60 Å². The fraction of sp³-hybridized carbons (Fsp3) is 1.00. The van der Waals surface area contributed by atoms with Gasteiger partial charge in [-0.15, -0.1) is 0 Å². The Bertz CT molecular complexity index is 198. The molecule has 1 rings (SSSR count). The van der Waals surface area contributed by atoms with E-state index in [1.165, 1.54) is 25.9 Å². The van der Waals surface area contributed by atoms with Crippen LogP contribution in [0.5, 0.6) is 0 Å². The molecule has 0 saturated carbocycles. The van der Waals surface area contributed by atoms with Gasteiger partial charge in [-0.2, -0.15) is 0 Å². The largest absolute Gasteiger partial charge is 0.389 e. The van der Waals surface area contributed by atoms with Crippen LogP contribution < -0.4 is 5.32 Å². The fourth-order valence-corrected chi connectivity index (χ4v) is 2.18. The Hall–Kier alpha value is -0.120. The van der Waals surface area contributed by atoms with Gasteiger partial charge in [0, 0.05) is 12.6 Å². The third kappa shape index (κ3) is 4.04. The first-order valence-corrected chi connectivity index (χ1v) is 6.60. The summed E-state index contributed by atoms with van der Waals surface area (Å²) in [5.74, 6) is 0.353. The van der Waals surface area contributed by atoms with Gasteiger partial charge in [-0.1, -0.05) is 20.3 Å². The second kappa shape index (κ2) is 5.99. The van der Waals surface area contributed by atoms with Crippen molar-refractivity contribution in [2.45, 2.75) is 51.7 Å². The maximum Gasteiger partial charge on any atom is 0.0768 e. The average Bonchev–Trinajstić information content (AvgIpc) is 2.27. The van der Waals surface area contributed by atoms with Crippen molar-refractivity contribution in [1.29, 1.82) is 0 Å². The molecule has 1 fully saturated rings. The number of hydrogen-bond donors (Lipinski definition) is 2. The summed E-state index contributed by atoms with van der Waals surface area (Å²) in [6.07, 6.45) is 3.43. The third-order valence-corrected chi connectivity index (χ3v) is 4.14. The molecule has 1 aliphatic heterocycles. The average molecular weight is 228 g/mol. The summed E-state index contributed by atoms with van der Waals surface area (Å²) in [6, 6.07) is 0.590. The second-order valence-corrected chi connectivity index (χ2v) is 5.62. The molecule has 2 atom stereocenters. The summed E-state index contributed by atoms with van der Waals surface area (Å²) < 4.78 is 0.